The molecule has 4 rings (SSSR count). The number of carboxylic acid groups (broad SMARTS) is 1. The van der Waals surface area contributed by atoms with Gasteiger partial charge in [-0.15, -0.1) is 5.10 Å². The third kappa shape index (κ3) is 4.46. The fourth-order valence-electron chi connectivity index (χ4n) is 3.86. The summed E-state index contributed by atoms with van der Waals surface area (Å²) >= 11 is 0. The number of nitrogens with zero attached hydrogens (tertiary/aromatic N) is 4. The Bertz CT molecular complexity index is 930. The molecule has 1 aliphatic rings. The molecule has 1 saturated heterocycles. The summed E-state index contributed by atoms with van der Waals surface area (Å²) in [6, 6.07) is 18.1. The van der Waals surface area contributed by atoms with Crippen molar-refractivity contribution in [2.75, 3.05) is 13.1 Å². The quantitative estimate of drug-likeness (QED) is 0.715. The zero-order chi connectivity index (χ0) is 19.3. The van der Waals surface area contributed by atoms with Gasteiger partial charge >= 0.3 is 5.97 Å². The lowest BCUT2D eigenvalue weighted by molar-refractivity contribution is -0.136. The third-order valence-corrected chi connectivity index (χ3v) is 5.31. The zero-order valence-corrected chi connectivity index (χ0v) is 15.7. The van der Waals surface area contributed by atoms with Gasteiger partial charge in [0.25, 0.3) is 0 Å². The minimum atomic E-state index is -0.782. The first-order valence-corrected chi connectivity index (χ1v) is 9.67. The monoisotopic (exact) mass is 376 g/mol. The molecule has 0 atom stereocenters. The molecular weight excluding hydrogens is 352 g/mol. The Morgan fingerprint density at radius 2 is 1.86 bits per heavy atom. The van der Waals surface area contributed by atoms with Gasteiger partial charge in [0.05, 0.1) is 24.0 Å². The van der Waals surface area contributed by atoms with Crippen molar-refractivity contribution in [1.82, 2.24) is 19.9 Å². The summed E-state index contributed by atoms with van der Waals surface area (Å²) in [5, 5.41) is 17.6. The van der Waals surface area contributed by atoms with E-state index >= 15 is 0 Å². The first-order valence-electron chi connectivity index (χ1n) is 9.67. The van der Waals surface area contributed by atoms with Crippen LogP contribution in [0.25, 0.3) is 5.69 Å². The van der Waals surface area contributed by atoms with Gasteiger partial charge < -0.3 is 5.11 Å². The van der Waals surface area contributed by atoms with Crippen LogP contribution < -0.4 is 0 Å². The summed E-state index contributed by atoms with van der Waals surface area (Å²) in [7, 11) is 0. The van der Waals surface area contributed by atoms with Crippen molar-refractivity contribution in [3.05, 3.63) is 77.6 Å². The van der Waals surface area contributed by atoms with E-state index in [0.29, 0.717) is 5.92 Å². The van der Waals surface area contributed by atoms with E-state index in [1.165, 1.54) is 5.56 Å². The Morgan fingerprint density at radius 1 is 1.07 bits per heavy atom. The molecule has 6 nitrogen and oxygen atoms in total. The molecule has 2 heterocycles. The molecule has 0 bridgehead atoms. The van der Waals surface area contributed by atoms with Gasteiger partial charge in [0, 0.05) is 6.54 Å². The van der Waals surface area contributed by atoms with E-state index in [1.54, 1.807) is 0 Å². The van der Waals surface area contributed by atoms with Crippen molar-refractivity contribution >= 4 is 5.97 Å². The number of aromatic nitrogens is 3. The van der Waals surface area contributed by atoms with Crippen LogP contribution in [0.15, 0.2) is 60.8 Å². The number of aliphatic carboxylic acids is 1. The Labute approximate surface area is 164 Å². The summed E-state index contributed by atoms with van der Waals surface area (Å²) in [5.41, 5.74) is 4.13. The number of carbonyl (C=O) groups is 1. The van der Waals surface area contributed by atoms with E-state index in [2.05, 4.69) is 27.3 Å². The Kier molecular flexibility index (Phi) is 5.48. The van der Waals surface area contributed by atoms with Crippen molar-refractivity contribution < 1.29 is 9.90 Å². The third-order valence-electron chi connectivity index (χ3n) is 5.31. The van der Waals surface area contributed by atoms with Crippen LogP contribution in [0, 0.1) is 0 Å². The van der Waals surface area contributed by atoms with E-state index in [0.717, 1.165) is 49.4 Å². The molecule has 28 heavy (non-hydrogen) atoms. The predicted octanol–water partition coefficient (Wildman–Crippen LogP) is 3.27. The highest BCUT2D eigenvalue weighted by Crippen LogP contribution is 2.29. The number of para-hydroxylation sites is 1. The average Bonchev–Trinajstić information content (AvgIpc) is 3.17. The van der Waals surface area contributed by atoms with Crippen LogP contribution >= 0.6 is 0 Å². The lowest BCUT2D eigenvalue weighted by Gasteiger charge is -2.31. The molecule has 1 aromatic heterocycles. The van der Waals surface area contributed by atoms with Crippen LogP contribution in [-0.4, -0.2) is 44.1 Å². The molecule has 0 spiro atoms. The van der Waals surface area contributed by atoms with Crippen LogP contribution in [0.5, 0.6) is 0 Å². The van der Waals surface area contributed by atoms with Gasteiger partial charge in [-0.25, -0.2) is 4.68 Å². The second-order valence-electron chi connectivity index (χ2n) is 7.36. The van der Waals surface area contributed by atoms with E-state index < -0.39 is 5.97 Å². The standard InChI is InChI=1S/C22H24N4O2/c27-22(28)14-17-5-4-6-19(13-17)18-9-11-25(12-10-18)15-20-16-26(24-23-20)21-7-2-1-3-8-21/h1-8,13,16,18H,9-12,14-15H2,(H,27,28). The topological polar surface area (TPSA) is 71.2 Å². The number of rotatable bonds is 6. The summed E-state index contributed by atoms with van der Waals surface area (Å²) in [6.07, 6.45) is 4.23. The second kappa shape index (κ2) is 8.35. The molecule has 1 aliphatic heterocycles. The van der Waals surface area contributed by atoms with Crippen LogP contribution in [0.3, 0.4) is 0 Å². The second-order valence-corrected chi connectivity index (χ2v) is 7.36. The van der Waals surface area contributed by atoms with Gasteiger partial charge in [-0.2, -0.15) is 0 Å². The molecule has 1 N–H and O–H groups in total. The first kappa shape index (κ1) is 18.4. The lowest BCUT2D eigenvalue weighted by atomic mass is 9.88. The molecule has 0 radical (unpaired) electrons. The van der Waals surface area contributed by atoms with Gasteiger partial charge in [0.1, 0.15) is 0 Å². The molecule has 0 aliphatic carbocycles. The van der Waals surface area contributed by atoms with Gasteiger partial charge in [-0.05, 0) is 55.1 Å². The van der Waals surface area contributed by atoms with Gasteiger partial charge in [0.2, 0.25) is 0 Å². The molecule has 6 heteroatoms. The largest absolute Gasteiger partial charge is 0.481 e. The van der Waals surface area contributed by atoms with Crippen molar-refractivity contribution in [3.63, 3.8) is 0 Å². The number of hydrogen-bond acceptors (Lipinski definition) is 4. The smallest absolute Gasteiger partial charge is 0.307 e. The molecule has 0 unspecified atom stereocenters. The minimum absolute atomic E-state index is 0.0871. The van der Waals surface area contributed by atoms with Gasteiger partial charge in [-0.3, -0.25) is 9.69 Å². The fourth-order valence-corrected chi connectivity index (χ4v) is 3.86. The highest BCUT2D eigenvalue weighted by molar-refractivity contribution is 5.70. The average molecular weight is 376 g/mol. The molecule has 0 amide bonds. The van der Waals surface area contributed by atoms with E-state index in [9.17, 15) is 4.79 Å². The summed E-state index contributed by atoms with van der Waals surface area (Å²) in [6.45, 7) is 2.82. The minimum Gasteiger partial charge on any atom is -0.481 e. The molecular formula is C22H24N4O2. The van der Waals surface area contributed by atoms with Crippen molar-refractivity contribution in [2.45, 2.75) is 31.7 Å². The Morgan fingerprint density at radius 3 is 2.61 bits per heavy atom. The maximum atomic E-state index is 10.9. The summed E-state index contributed by atoms with van der Waals surface area (Å²) in [5.74, 6) is -0.291. The number of benzene rings is 2. The summed E-state index contributed by atoms with van der Waals surface area (Å²) < 4.78 is 1.82. The van der Waals surface area contributed by atoms with E-state index in [4.69, 9.17) is 5.11 Å². The van der Waals surface area contributed by atoms with Crippen molar-refractivity contribution in [1.29, 1.82) is 0 Å². The van der Waals surface area contributed by atoms with Gasteiger partial charge in [-0.1, -0.05) is 47.7 Å². The molecule has 3 aromatic rings. The lowest BCUT2D eigenvalue weighted by Crippen LogP contribution is -2.32. The number of hydrogen-bond donors (Lipinski definition) is 1. The normalized spacial score (nSPS) is 15.6. The molecule has 1 fully saturated rings. The predicted molar refractivity (Wildman–Crippen MR) is 106 cm³/mol. The van der Waals surface area contributed by atoms with Gasteiger partial charge in [0.15, 0.2) is 0 Å². The highest BCUT2D eigenvalue weighted by atomic mass is 16.4. The SMILES string of the molecule is O=C(O)Cc1cccc(C2CCN(Cc3cn(-c4ccccc4)nn3)CC2)c1. The fraction of sp³-hybridized carbons (Fsp3) is 0.318. The molecule has 2 aromatic carbocycles. The maximum absolute atomic E-state index is 10.9. The molecule has 144 valence electrons. The van der Waals surface area contributed by atoms with Crippen molar-refractivity contribution in [3.8, 4) is 5.69 Å². The highest BCUT2D eigenvalue weighted by Gasteiger charge is 2.21. The Hall–Kier alpha value is -2.99. The van der Waals surface area contributed by atoms with Crippen LogP contribution in [-0.2, 0) is 17.8 Å². The Balaban J connectivity index is 1.34. The number of likely N-dealkylation sites (tertiary alicyclic amines) is 1. The van der Waals surface area contributed by atoms with E-state index in [-0.39, 0.29) is 6.42 Å². The zero-order valence-electron chi connectivity index (χ0n) is 15.7. The number of piperidine rings is 1. The maximum Gasteiger partial charge on any atom is 0.307 e. The molecule has 0 saturated carbocycles. The van der Waals surface area contributed by atoms with Crippen LogP contribution in [0.4, 0.5) is 0 Å². The first-order chi connectivity index (χ1) is 13.7. The summed E-state index contributed by atoms with van der Waals surface area (Å²) in [4.78, 5) is 13.4. The van der Waals surface area contributed by atoms with Crippen molar-refractivity contribution in [2.24, 2.45) is 0 Å². The van der Waals surface area contributed by atoms with Crippen LogP contribution in [0.2, 0.25) is 0 Å². The van der Waals surface area contributed by atoms with Crippen LogP contribution in [0.1, 0.15) is 35.6 Å². The number of carboxylic acids is 1. The van der Waals surface area contributed by atoms with E-state index in [1.807, 2.05) is 53.3 Å².